The number of nitrogens with one attached hydrogen (secondary N) is 1. The molecule has 1 aliphatic rings. The molecule has 1 heterocycles. The van der Waals surface area contributed by atoms with Gasteiger partial charge in [-0.1, -0.05) is 24.3 Å². The molecule has 0 spiro atoms. The highest BCUT2D eigenvalue weighted by atomic mass is 16.1. The fraction of sp³-hybridized carbons (Fsp3) is 0.300. The molecule has 2 rings (SSSR count). The van der Waals surface area contributed by atoms with Gasteiger partial charge in [0.1, 0.15) is 0 Å². The first-order valence-electron chi connectivity index (χ1n) is 4.11. The first-order chi connectivity index (χ1) is 5.77. The number of benzene rings is 1. The second-order valence-corrected chi connectivity index (χ2v) is 3.14. The highest BCUT2D eigenvalue weighted by Crippen LogP contribution is 2.21. The van der Waals surface area contributed by atoms with Crippen molar-refractivity contribution < 1.29 is 4.79 Å². The van der Waals surface area contributed by atoms with Crippen LogP contribution < -0.4 is 5.32 Å². The Hall–Kier alpha value is -1.15. The van der Waals surface area contributed by atoms with Gasteiger partial charge in [-0.05, 0) is 12.5 Å². The zero-order chi connectivity index (χ0) is 8.55. The van der Waals surface area contributed by atoms with Gasteiger partial charge >= 0.3 is 0 Å². The van der Waals surface area contributed by atoms with Crippen LogP contribution >= 0.6 is 0 Å². The molecule has 1 saturated heterocycles. The van der Waals surface area contributed by atoms with E-state index in [0.717, 1.165) is 12.1 Å². The summed E-state index contributed by atoms with van der Waals surface area (Å²) in [5.41, 5.74) is 2.07. The lowest BCUT2D eigenvalue weighted by Gasteiger charge is -1.97. The van der Waals surface area contributed by atoms with Crippen LogP contribution in [0.15, 0.2) is 24.3 Å². The number of carbonyl (C=O) groups excluding carboxylic acids is 1. The Balaban J connectivity index is 2.24. The molecule has 2 nitrogen and oxygen atoms in total. The van der Waals surface area contributed by atoms with Gasteiger partial charge in [-0.2, -0.15) is 0 Å². The van der Waals surface area contributed by atoms with Crippen molar-refractivity contribution in [2.45, 2.75) is 13.0 Å². The lowest BCUT2D eigenvalue weighted by atomic mass is 10.1. The summed E-state index contributed by atoms with van der Waals surface area (Å²) in [6.45, 7) is 2.66. The van der Waals surface area contributed by atoms with Crippen molar-refractivity contribution in [3.8, 4) is 0 Å². The van der Waals surface area contributed by atoms with E-state index in [1.54, 1.807) is 6.92 Å². The fourth-order valence-electron chi connectivity index (χ4n) is 1.24. The monoisotopic (exact) mass is 161 g/mol. The molecule has 1 aliphatic heterocycles. The minimum atomic E-state index is 0.130. The van der Waals surface area contributed by atoms with Crippen LogP contribution in [-0.2, 0) is 0 Å². The summed E-state index contributed by atoms with van der Waals surface area (Å²) in [6.07, 6.45) is 0. The molecule has 1 aromatic rings. The van der Waals surface area contributed by atoms with E-state index in [9.17, 15) is 4.79 Å². The molecule has 0 radical (unpaired) electrons. The number of ketones is 1. The molecule has 0 aliphatic carbocycles. The maximum absolute atomic E-state index is 10.9. The molecule has 1 N–H and O–H groups in total. The largest absolute Gasteiger partial charge is 0.307 e. The molecular formula is C10H11NO. The molecule has 1 aromatic carbocycles. The lowest BCUT2D eigenvalue weighted by molar-refractivity contribution is 0.101. The minimum absolute atomic E-state index is 0.130. The Bertz CT molecular complexity index is 298. The van der Waals surface area contributed by atoms with E-state index >= 15 is 0 Å². The fourth-order valence-corrected chi connectivity index (χ4v) is 1.24. The molecule has 1 fully saturated rings. The van der Waals surface area contributed by atoms with Crippen LogP contribution in [0.1, 0.15) is 28.9 Å². The van der Waals surface area contributed by atoms with Gasteiger partial charge in [-0.3, -0.25) is 4.79 Å². The predicted molar refractivity (Wildman–Crippen MR) is 47.2 cm³/mol. The minimum Gasteiger partial charge on any atom is -0.307 e. The van der Waals surface area contributed by atoms with E-state index in [1.807, 2.05) is 24.3 Å². The van der Waals surface area contributed by atoms with Crippen molar-refractivity contribution >= 4 is 5.78 Å². The van der Waals surface area contributed by atoms with Gasteiger partial charge in [0.15, 0.2) is 5.78 Å². The highest BCUT2D eigenvalue weighted by Gasteiger charge is 2.21. The Morgan fingerprint density at radius 3 is 2.42 bits per heavy atom. The summed E-state index contributed by atoms with van der Waals surface area (Å²) in [5, 5.41) is 3.21. The van der Waals surface area contributed by atoms with Crippen molar-refractivity contribution in [3.05, 3.63) is 35.4 Å². The third-order valence-corrected chi connectivity index (χ3v) is 2.13. The molecular weight excluding hydrogens is 150 g/mol. The third kappa shape index (κ3) is 1.38. The molecule has 0 amide bonds. The smallest absolute Gasteiger partial charge is 0.159 e. The average Bonchev–Trinajstić information content (AvgIpc) is 2.87. The van der Waals surface area contributed by atoms with Gasteiger partial charge in [-0.25, -0.2) is 0 Å². The Morgan fingerprint density at radius 2 is 2.00 bits per heavy atom. The van der Waals surface area contributed by atoms with E-state index in [2.05, 4.69) is 5.32 Å². The summed E-state index contributed by atoms with van der Waals surface area (Å²) >= 11 is 0. The van der Waals surface area contributed by atoms with E-state index < -0.39 is 0 Å². The van der Waals surface area contributed by atoms with Gasteiger partial charge in [0, 0.05) is 18.2 Å². The van der Waals surface area contributed by atoms with Crippen LogP contribution in [0.25, 0.3) is 0 Å². The van der Waals surface area contributed by atoms with Crippen LogP contribution in [0.3, 0.4) is 0 Å². The summed E-state index contributed by atoms with van der Waals surface area (Å²) in [6, 6.07) is 8.34. The second kappa shape index (κ2) is 2.72. The maximum Gasteiger partial charge on any atom is 0.159 e. The number of rotatable bonds is 2. The molecule has 2 heteroatoms. The zero-order valence-electron chi connectivity index (χ0n) is 7.00. The Labute approximate surface area is 71.6 Å². The number of hydrogen-bond donors (Lipinski definition) is 1. The standard InChI is InChI=1S/C10H11NO/c1-7(12)8-2-4-9(5-3-8)10-6-11-10/h2-5,10-11H,6H2,1H3. The molecule has 0 aromatic heterocycles. The van der Waals surface area contributed by atoms with E-state index in [4.69, 9.17) is 0 Å². The van der Waals surface area contributed by atoms with Crippen LogP contribution in [-0.4, -0.2) is 12.3 Å². The van der Waals surface area contributed by atoms with Crippen molar-refractivity contribution in [2.75, 3.05) is 6.54 Å². The molecule has 0 saturated carbocycles. The first-order valence-corrected chi connectivity index (χ1v) is 4.11. The Morgan fingerprint density at radius 1 is 1.42 bits per heavy atom. The normalized spacial score (nSPS) is 20.6. The second-order valence-electron chi connectivity index (χ2n) is 3.14. The summed E-state index contributed by atoms with van der Waals surface area (Å²) in [5.74, 6) is 0.130. The average molecular weight is 161 g/mol. The zero-order valence-corrected chi connectivity index (χ0v) is 7.00. The number of Topliss-reactive ketones (excluding diaryl/α,β-unsaturated/α-hetero) is 1. The SMILES string of the molecule is CC(=O)c1ccc(C2CN2)cc1. The van der Waals surface area contributed by atoms with E-state index in [0.29, 0.717) is 6.04 Å². The predicted octanol–water partition coefficient (Wildman–Crippen LogP) is 1.53. The van der Waals surface area contributed by atoms with Crippen molar-refractivity contribution in [3.63, 3.8) is 0 Å². The third-order valence-electron chi connectivity index (χ3n) is 2.13. The molecule has 1 unspecified atom stereocenters. The van der Waals surface area contributed by atoms with Crippen LogP contribution in [0.4, 0.5) is 0 Å². The highest BCUT2D eigenvalue weighted by molar-refractivity contribution is 5.94. The van der Waals surface area contributed by atoms with Crippen molar-refractivity contribution in [2.24, 2.45) is 0 Å². The van der Waals surface area contributed by atoms with Crippen LogP contribution in [0.5, 0.6) is 0 Å². The van der Waals surface area contributed by atoms with Gasteiger partial charge in [0.2, 0.25) is 0 Å². The van der Waals surface area contributed by atoms with E-state index in [1.165, 1.54) is 5.56 Å². The first kappa shape index (κ1) is 7.50. The summed E-state index contributed by atoms with van der Waals surface area (Å²) in [4.78, 5) is 10.9. The van der Waals surface area contributed by atoms with Crippen LogP contribution in [0, 0.1) is 0 Å². The van der Waals surface area contributed by atoms with Gasteiger partial charge in [-0.15, -0.1) is 0 Å². The molecule has 12 heavy (non-hydrogen) atoms. The van der Waals surface area contributed by atoms with Crippen molar-refractivity contribution in [1.29, 1.82) is 0 Å². The van der Waals surface area contributed by atoms with E-state index in [-0.39, 0.29) is 5.78 Å². The number of carbonyl (C=O) groups is 1. The molecule has 0 bridgehead atoms. The Kier molecular flexibility index (Phi) is 1.70. The lowest BCUT2D eigenvalue weighted by Crippen LogP contribution is -1.92. The van der Waals surface area contributed by atoms with Gasteiger partial charge in [0.25, 0.3) is 0 Å². The molecule has 62 valence electrons. The summed E-state index contributed by atoms with van der Waals surface area (Å²) < 4.78 is 0. The summed E-state index contributed by atoms with van der Waals surface area (Å²) in [7, 11) is 0. The van der Waals surface area contributed by atoms with Gasteiger partial charge < -0.3 is 5.32 Å². The molecule has 1 atom stereocenters. The maximum atomic E-state index is 10.9. The quantitative estimate of drug-likeness (QED) is 0.527. The topological polar surface area (TPSA) is 39.0 Å². The van der Waals surface area contributed by atoms with Crippen molar-refractivity contribution in [1.82, 2.24) is 5.32 Å². The number of hydrogen-bond acceptors (Lipinski definition) is 2. The van der Waals surface area contributed by atoms with Gasteiger partial charge in [0.05, 0.1) is 0 Å². The van der Waals surface area contributed by atoms with Crippen LogP contribution in [0.2, 0.25) is 0 Å².